The van der Waals surface area contributed by atoms with Crippen LogP contribution in [0.2, 0.25) is 0 Å². The van der Waals surface area contributed by atoms with Gasteiger partial charge in [-0.25, -0.2) is 0 Å². The molecule has 2 N–H and O–H groups in total. The van der Waals surface area contributed by atoms with Gasteiger partial charge in [-0.05, 0) is 0 Å². The van der Waals surface area contributed by atoms with Gasteiger partial charge in [0.05, 0.1) is 0 Å². The van der Waals surface area contributed by atoms with Crippen molar-refractivity contribution < 1.29 is 19.8 Å². The summed E-state index contributed by atoms with van der Waals surface area (Å²) in [5.74, 6) is -3.97. The van der Waals surface area contributed by atoms with Gasteiger partial charge in [0.2, 0.25) is 0 Å². The van der Waals surface area contributed by atoms with Gasteiger partial charge in [0, 0.05) is 5.33 Å². The number of alkyl halides is 1. The maximum Gasteiger partial charge on any atom is 0.318 e. The van der Waals surface area contributed by atoms with Gasteiger partial charge < -0.3 is 10.2 Å². The van der Waals surface area contributed by atoms with Crippen LogP contribution in [0.15, 0.2) is 0 Å². The lowest BCUT2D eigenvalue weighted by Crippen LogP contribution is -2.24. The van der Waals surface area contributed by atoms with Crippen LogP contribution < -0.4 is 0 Å². The first-order chi connectivity index (χ1) is 4.09. The standard InChI is InChI=1S/C4H5BrO4/c5-1-2(3(6)7)4(8)9/h2H,1H2,(H,6,7)(H,8,9). The van der Waals surface area contributed by atoms with E-state index < -0.39 is 17.9 Å². The summed E-state index contributed by atoms with van der Waals surface area (Å²) in [4.78, 5) is 19.9. The number of carboxylic acids is 2. The molecule has 0 aliphatic rings. The molecule has 0 spiro atoms. The first-order valence-electron chi connectivity index (χ1n) is 2.11. The SMILES string of the molecule is O=C(O)C(CBr)C(=O)O. The molecule has 0 unspecified atom stereocenters. The Morgan fingerprint density at radius 2 is 1.67 bits per heavy atom. The molecule has 0 aromatic carbocycles. The molecule has 0 radical (unpaired) electrons. The maximum atomic E-state index is 9.96. The summed E-state index contributed by atoms with van der Waals surface area (Å²) >= 11 is 2.76. The molecule has 0 aliphatic carbocycles. The van der Waals surface area contributed by atoms with E-state index in [9.17, 15) is 9.59 Å². The number of hydrogen-bond donors (Lipinski definition) is 2. The third-order valence-electron chi connectivity index (χ3n) is 0.750. The van der Waals surface area contributed by atoms with E-state index in [0.717, 1.165) is 0 Å². The van der Waals surface area contributed by atoms with Gasteiger partial charge >= 0.3 is 11.9 Å². The Kier molecular flexibility index (Phi) is 3.22. The van der Waals surface area contributed by atoms with Crippen molar-refractivity contribution in [3.05, 3.63) is 0 Å². The average Bonchev–Trinajstić information content (AvgIpc) is 1.64. The molecule has 0 saturated carbocycles. The van der Waals surface area contributed by atoms with Gasteiger partial charge in [-0.2, -0.15) is 0 Å². The third kappa shape index (κ3) is 2.46. The minimum atomic E-state index is -1.33. The van der Waals surface area contributed by atoms with E-state index in [2.05, 4.69) is 15.9 Å². The minimum absolute atomic E-state index is 0.0579. The molecule has 0 heterocycles. The molecule has 5 heteroatoms. The van der Waals surface area contributed by atoms with E-state index in [0.29, 0.717) is 0 Å². The highest BCUT2D eigenvalue weighted by molar-refractivity contribution is 9.09. The van der Waals surface area contributed by atoms with Gasteiger partial charge in [0.15, 0.2) is 5.92 Å². The summed E-state index contributed by atoms with van der Waals surface area (Å²) in [6, 6.07) is 0. The Hall–Kier alpha value is -0.580. The van der Waals surface area contributed by atoms with Crippen LogP contribution >= 0.6 is 15.9 Å². The normalized spacial score (nSPS) is 9.56. The molecule has 0 amide bonds. The lowest BCUT2D eigenvalue weighted by Gasteiger charge is -1.99. The van der Waals surface area contributed by atoms with Gasteiger partial charge in [0.25, 0.3) is 0 Å². The zero-order valence-electron chi connectivity index (χ0n) is 4.37. The molecule has 0 aliphatic heterocycles. The van der Waals surface area contributed by atoms with Crippen LogP contribution in [0, 0.1) is 5.92 Å². The van der Waals surface area contributed by atoms with Crippen molar-refractivity contribution in [2.75, 3.05) is 5.33 Å². The van der Waals surface area contributed by atoms with Gasteiger partial charge in [-0.15, -0.1) is 0 Å². The summed E-state index contributed by atoms with van der Waals surface area (Å²) in [6.07, 6.45) is 0. The van der Waals surface area contributed by atoms with Crippen LogP contribution in [0.5, 0.6) is 0 Å². The molecule has 4 nitrogen and oxygen atoms in total. The van der Waals surface area contributed by atoms with E-state index in [1.54, 1.807) is 0 Å². The van der Waals surface area contributed by atoms with Crippen LogP contribution in [0.1, 0.15) is 0 Å². The Morgan fingerprint density at radius 1 is 1.33 bits per heavy atom. The van der Waals surface area contributed by atoms with Crippen molar-refractivity contribution in [1.82, 2.24) is 0 Å². The second-order valence-electron chi connectivity index (χ2n) is 1.38. The van der Waals surface area contributed by atoms with Crippen LogP contribution in [0.4, 0.5) is 0 Å². The predicted octanol–water partition coefficient (Wildman–Crippen LogP) is 0.167. The number of aliphatic carboxylic acids is 2. The molecular weight excluding hydrogens is 192 g/mol. The molecule has 0 saturated heterocycles. The molecule has 52 valence electrons. The lowest BCUT2D eigenvalue weighted by molar-refractivity contribution is -0.153. The van der Waals surface area contributed by atoms with E-state index in [1.165, 1.54) is 0 Å². The molecular formula is C4H5BrO4. The number of carbonyl (C=O) groups is 2. The predicted molar refractivity (Wildman–Crippen MR) is 32.6 cm³/mol. The van der Waals surface area contributed by atoms with Crippen molar-refractivity contribution >= 4 is 27.9 Å². The Balaban J connectivity index is 3.99. The second kappa shape index (κ2) is 3.45. The van der Waals surface area contributed by atoms with Gasteiger partial charge in [0.1, 0.15) is 0 Å². The second-order valence-corrected chi connectivity index (χ2v) is 2.03. The maximum absolute atomic E-state index is 9.96. The van der Waals surface area contributed by atoms with Crippen molar-refractivity contribution in [1.29, 1.82) is 0 Å². The first-order valence-corrected chi connectivity index (χ1v) is 3.23. The highest BCUT2D eigenvalue weighted by Gasteiger charge is 2.23. The largest absolute Gasteiger partial charge is 0.481 e. The topological polar surface area (TPSA) is 74.6 Å². The summed E-state index contributed by atoms with van der Waals surface area (Å²) in [6.45, 7) is 0. The first kappa shape index (κ1) is 8.42. The van der Waals surface area contributed by atoms with Crippen LogP contribution in [-0.4, -0.2) is 27.5 Å². The van der Waals surface area contributed by atoms with E-state index >= 15 is 0 Å². The Bertz CT molecular complexity index is 119. The van der Waals surface area contributed by atoms with Crippen LogP contribution in [0.25, 0.3) is 0 Å². The lowest BCUT2D eigenvalue weighted by atomic mass is 10.2. The molecule has 0 atom stereocenters. The Morgan fingerprint density at radius 3 is 1.67 bits per heavy atom. The summed E-state index contributed by atoms with van der Waals surface area (Å²) in [5.41, 5.74) is 0. The molecule has 0 rings (SSSR count). The molecule has 9 heavy (non-hydrogen) atoms. The number of rotatable bonds is 3. The highest BCUT2D eigenvalue weighted by Crippen LogP contribution is 2.00. The van der Waals surface area contributed by atoms with E-state index in [1.807, 2.05) is 0 Å². The smallest absolute Gasteiger partial charge is 0.318 e. The Labute approximate surface area is 59.6 Å². The van der Waals surface area contributed by atoms with E-state index in [-0.39, 0.29) is 5.33 Å². The summed E-state index contributed by atoms with van der Waals surface area (Å²) < 4.78 is 0. The molecule has 0 fully saturated rings. The molecule has 0 aromatic rings. The fourth-order valence-electron chi connectivity index (χ4n) is 0.238. The number of hydrogen-bond acceptors (Lipinski definition) is 2. The van der Waals surface area contributed by atoms with Crippen molar-refractivity contribution in [2.45, 2.75) is 0 Å². The van der Waals surface area contributed by atoms with Crippen LogP contribution in [0.3, 0.4) is 0 Å². The fourth-order valence-corrected chi connectivity index (χ4v) is 0.792. The van der Waals surface area contributed by atoms with Crippen LogP contribution in [-0.2, 0) is 9.59 Å². The molecule has 0 aromatic heterocycles. The van der Waals surface area contributed by atoms with Gasteiger partial charge in [-0.1, -0.05) is 15.9 Å². The van der Waals surface area contributed by atoms with Crippen molar-refractivity contribution in [3.8, 4) is 0 Å². The quantitative estimate of drug-likeness (QED) is 0.499. The monoisotopic (exact) mass is 196 g/mol. The van der Waals surface area contributed by atoms with E-state index in [4.69, 9.17) is 10.2 Å². The highest BCUT2D eigenvalue weighted by atomic mass is 79.9. The van der Waals surface area contributed by atoms with Crippen molar-refractivity contribution in [2.24, 2.45) is 5.92 Å². The van der Waals surface area contributed by atoms with Gasteiger partial charge in [-0.3, -0.25) is 9.59 Å². The number of carboxylic acid groups (broad SMARTS) is 2. The van der Waals surface area contributed by atoms with Crippen molar-refractivity contribution in [3.63, 3.8) is 0 Å². The zero-order chi connectivity index (χ0) is 7.44. The number of halogens is 1. The molecule has 0 bridgehead atoms. The summed E-state index contributed by atoms with van der Waals surface area (Å²) in [5, 5.41) is 16.2. The average molecular weight is 197 g/mol. The third-order valence-corrected chi connectivity index (χ3v) is 1.40. The fraction of sp³-hybridized carbons (Fsp3) is 0.500. The summed E-state index contributed by atoms with van der Waals surface area (Å²) in [7, 11) is 0. The minimum Gasteiger partial charge on any atom is -0.481 e. The zero-order valence-corrected chi connectivity index (χ0v) is 5.96.